The number of methoxy groups -OCH3 is 1. The van der Waals surface area contributed by atoms with Crippen LogP contribution in [0.25, 0.3) is 5.69 Å². The van der Waals surface area contributed by atoms with Crippen LogP contribution in [0, 0.1) is 6.92 Å². The second-order valence-electron chi connectivity index (χ2n) is 8.60. The SMILES string of the molecule is CCOc1ccc(C2c3cccn3-c3ccccc3CN2C(=O)Nc2cc(C)ccc2OC)cc1. The third kappa shape index (κ3) is 4.35. The molecular formula is C29H29N3O3. The highest BCUT2D eigenvalue weighted by molar-refractivity contribution is 5.92. The van der Waals surface area contributed by atoms with Gasteiger partial charge in [0.25, 0.3) is 0 Å². The number of carbonyl (C=O) groups is 1. The van der Waals surface area contributed by atoms with Gasteiger partial charge in [-0.25, -0.2) is 4.79 Å². The number of nitrogens with zero attached hydrogens (tertiary/aromatic N) is 2. The fourth-order valence-electron chi connectivity index (χ4n) is 4.71. The number of benzene rings is 3. The van der Waals surface area contributed by atoms with Gasteiger partial charge in [-0.05, 0) is 73.0 Å². The fourth-order valence-corrected chi connectivity index (χ4v) is 4.71. The molecule has 0 radical (unpaired) electrons. The molecule has 2 amide bonds. The van der Waals surface area contributed by atoms with Gasteiger partial charge in [-0.1, -0.05) is 36.4 Å². The molecule has 3 aromatic carbocycles. The summed E-state index contributed by atoms with van der Waals surface area (Å²) in [6.45, 7) is 5.02. The molecule has 5 rings (SSSR count). The van der Waals surface area contributed by atoms with Crippen LogP contribution in [-0.4, -0.2) is 29.2 Å². The van der Waals surface area contributed by atoms with Gasteiger partial charge in [0, 0.05) is 11.9 Å². The van der Waals surface area contributed by atoms with Crippen molar-refractivity contribution in [1.82, 2.24) is 9.47 Å². The Morgan fingerprint density at radius 1 is 1.03 bits per heavy atom. The van der Waals surface area contributed by atoms with E-state index in [2.05, 4.69) is 34.3 Å². The average molecular weight is 468 g/mol. The summed E-state index contributed by atoms with van der Waals surface area (Å²) in [5, 5.41) is 3.11. The van der Waals surface area contributed by atoms with Gasteiger partial charge in [0.1, 0.15) is 11.5 Å². The second kappa shape index (κ2) is 9.58. The minimum Gasteiger partial charge on any atom is -0.495 e. The van der Waals surface area contributed by atoms with Crippen LogP contribution in [0.4, 0.5) is 10.5 Å². The zero-order valence-electron chi connectivity index (χ0n) is 20.2. The van der Waals surface area contributed by atoms with E-state index >= 15 is 0 Å². The van der Waals surface area contributed by atoms with Gasteiger partial charge in [-0.2, -0.15) is 0 Å². The van der Waals surface area contributed by atoms with Crippen molar-refractivity contribution < 1.29 is 14.3 Å². The number of fused-ring (bicyclic) bond motifs is 3. The topological polar surface area (TPSA) is 55.7 Å². The van der Waals surface area contributed by atoms with Crippen LogP contribution < -0.4 is 14.8 Å². The summed E-state index contributed by atoms with van der Waals surface area (Å²) < 4.78 is 13.3. The van der Waals surface area contributed by atoms with Crippen molar-refractivity contribution >= 4 is 11.7 Å². The van der Waals surface area contributed by atoms with Gasteiger partial charge < -0.3 is 24.3 Å². The van der Waals surface area contributed by atoms with Crippen LogP contribution in [0.2, 0.25) is 0 Å². The third-order valence-corrected chi connectivity index (χ3v) is 6.33. The van der Waals surface area contributed by atoms with Crippen LogP contribution in [0.15, 0.2) is 85.1 Å². The highest BCUT2D eigenvalue weighted by Gasteiger charge is 2.33. The van der Waals surface area contributed by atoms with Gasteiger partial charge in [-0.3, -0.25) is 0 Å². The van der Waals surface area contributed by atoms with E-state index in [9.17, 15) is 4.79 Å². The Labute approximate surface area is 205 Å². The zero-order valence-corrected chi connectivity index (χ0v) is 20.2. The lowest BCUT2D eigenvalue weighted by atomic mass is 10.0. The molecule has 0 saturated heterocycles. The largest absolute Gasteiger partial charge is 0.495 e. The molecule has 0 spiro atoms. The Morgan fingerprint density at radius 3 is 2.60 bits per heavy atom. The van der Waals surface area contributed by atoms with E-state index < -0.39 is 0 Å². The van der Waals surface area contributed by atoms with Crippen LogP contribution >= 0.6 is 0 Å². The summed E-state index contributed by atoms with van der Waals surface area (Å²) in [5.74, 6) is 1.43. The number of aromatic nitrogens is 1. The lowest BCUT2D eigenvalue weighted by Crippen LogP contribution is -2.38. The zero-order chi connectivity index (χ0) is 24.4. The van der Waals surface area contributed by atoms with Crippen LogP contribution in [-0.2, 0) is 6.54 Å². The predicted molar refractivity (Wildman–Crippen MR) is 138 cm³/mol. The molecule has 4 aromatic rings. The number of carbonyl (C=O) groups excluding carboxylic acids is 1. The molecule has 1 aliphatic heterocycles. The number of rotatable bonds is 5. The maximum absolute atomic E-state index is 13.9. The van der Waals surface area contributed by atoms with E-state index in [4.69, 9.17) is 9.47 Å². The first kappa shape index (κ1) is 22.6. The minimum absolute atomic E-state index is 0.197. The standard InChI is InChI=1S/C29H29N3O3/c1-4-35-23-14-12-21(13-15-23)28-26-10-7-17-31(26)25-9-6-5-8-22(25)19-32(28)29(33)30-24-18-20(2)11-16-27(24)34-3/h5-18,28H,4,19H2,1-3H3,(H,30,33). The molecule has 1 aromatic heterocycles. The van der Waals surface area contributed by atoms with Crippen molar-refractivity contribution in [2.75, 3.05) is 19.0 Å². The van der Waals surface area contributed by atoms with Gasteiger partial charge in [-0.15, -0.1) is 0 Å². The number of aryl methyl sites for hydroxylation is 1. The van der Waals surface area contributed by atoms with Crippen LogP contribution in [0.1, 0.15) is 35.3 Å². The predicted octanol–water partition coefficient (Wildman–Crippen LogP) is 6.33. The molecule has 1 N–H and O–H groups in total. The summed E-state index contributed by atoms with van der Waals surface area (Å²) in [7, 11) is 1.61. The van der Waals surface area contributed by atoms with Gasteiger partial charge >= 0.3 is 6.03 Å². The fraction of sp³-hybridized carbons (Fsp3) is 0.207. The molecule has 6 nitrogen and oxygen atoms in total. The average Bonchev–Trinajstić information content (AvgIpc) is 3.29. The first-order valence-corrected chi connectivity index (χ1v) is 11.8. The van der Waals surface area contributed by atoms with Gasteiger partial charge in [0.2, 0.25) is 0 Å². The third-order valence-electron chi connectivity index (χ3n) is 6.33. The Kier molecular flexibility index (Phi) is 6.19. The van der Waals surface area contributed by atoms with Crippen molar-refractivity contribution in [2.45, 2.75) is 26.4 Å². The molecule has 178 valence electrons. The molecule has 0 aliphatic carbocycles. The number of ether oxygens (including phenoxy) is 2. The molecule has 0 saturated carbocycles. The van der Waals surface area contributed by atoms with Crippen LogP contribution in [0.5, 0.6) is 11.5 Å². The number of nitrogens with one attached hydrogen (secondary N) is 1. The smallest absolute Gasteiger partial charge is 0.323 e. The van der Waals surface area contributed by atoms with Gasteiger partial charge in [0.05, 0.1) is 37.7 Å². The molecule has 1 atom stereocenters. The van der Waals surface area contributed by atoms with E-state index in [1.165, 1.54) is 0 Å². The summed E-state index contributed by atoms with van der Waals surface area (Å²) in [6, 6.07) is 25.6. The molecular weight excluding hydrogens is 438 g/mol. The maximum Gasteiger partial charge on any atom is 0.323 e. The Morgan fingerprint density at radius 2 is 1.83 bits per heavy atom. The van der Waals surface area contributed by atoms with Crippen molar-refractivity contribution in [3.8, 4) is 17.2 Å². The van der Waals surface area contributed by atoms with Crippen molar-refractivity contribution in [3.63, 3.8) is 0 Å². The highest BCUT2D eigenvalue weighted by Crippen LogP contribution is 2.38. The van der Waals surface area contributed by atoms with Gasteiger partial charge in [0.15, 0.2) is 0 Å². The highest BCUT2D eigenvalue weighted by atomic mass is 16.5. The molecule has 35 heavy (non-hydrogen) atoms. The molecule has 1 aliphatic rings. The molecule has 1 unspecified atom stereocenters. The lowest BCUT2D eigenvalue weighted by molar-refractivity contribution is 0.194. The van der Waals surface area contributed by atoms with Crippen molar-refractivity contribution in [2.24, 2.45) is 0 Å². The number of anilines is 1. The molecule has 2 heterocycles. The Hall–Kier alpha value is -4.19. The van der Waals surface area contributed by atoms with E-state index in [0.29, 0.717) is 24.6 Å². The van der Waals surface area contributed by atoms with E-state index in [-0.39, 0.29) is 12.1 Å². The van der Waals surface area contributed by atoms with Crippen LogP contribution in [0.3, 0.4) is 0 Å². The van der Waals surface area contributed by atoms with Crippen molar-refractivity contribution in [1.29, 1.82) is 0 Å². The van der Waals surface area contributed by atoms with E-state index in [1.54, 1.807) is 7.11 Å². The summed E-state index contributed by atoms with van der Waals surface area (Å²) >= 11 is 0. The number of para-hydroxylation sites is 1. The lowest BCUT2D eigenvalue weighted by Gasteiger charge is -2.31. The molecule has 0 bridgehead atoms. The number of urea groups is 1. The first-order chi connectivity index (χ1) is 17.1. The Bertz CT molecular complexity index is 1340. The molecule has 0 fully saturated rings. The number of amides is 2. The number of hydrogen-bond acceptors (Lipinski definition) is 3. The van der Waals surface area contributed by atoms with E-state index in [1.807, 2.05) is 79.4 Å². The normalized spacial score (nSPS) is 14.5. The minimum atomic E-state index is -0.302. The maximum atomic E-state index is 13.9. The second-order valence-corrected chi connectivity index (χ2v) is 8.60. The summed E-state index contributed by atoms with van der Waals surface area (Å²) in [4.78, 5) is 15.8. The molecule has 6 heteroatoms. The quantitative estimate of drug-likeness (QED) is 0.373. The summed E-state index contributed by atoms with van der Waals surface area (Å²) in [5.41, 5.74) is 5.87. The van der Waals surface area contributed by atoms with Crippen molar-refractivity contribution in [3.05, 3.63) is 107 Å². The van der Waals surface area contributed by atoms with E-state index in [0.717, 1.165) is 33.8 Å². The monoisotopic (exact) mass is 467 g/mol. The first-order valence-electron chi connectivity index (χ1n) is 11.8. The summed E-state index contributed by atoms with van der Waals surface area (Å²) in [6.07, 6.45) is 2.06. The number of hydrogen-bond donors (Lipinski definition) is 1. The Balaban J connectivity index is 1.60.